The number of carbonyl (C=O) groups excluding carboxylic acids is 1. The lowest BCUT2D eigenvalue weighted by Gasteiger charge is -2.26. The zero-order chi connectivity index (χ0) is 18.6. The van der Waals surface area contributed by atoms with Gasteiger partial charge in [-0.25, -0.2) is 4.98 Å². The van der Waals surface area contributed by atoms with Gasteiger partial charge in [-0.05, 0) is 24.3 Å². The monoisotopic (exact) mass is 361 g/mol. The summed E-state index contributed by atoms with van der Waals surface area (Å²) in [5, 5.41) is 9.66. The fourth-order valence-corrected chi connectivity index (χ4v) is 3.04. The number of rotatable bonds is 3. The Morgan fingerprint density at radius 3 is 2.37 bits per heavy atom. The molecule has 0 radical (unpaired) electrons. The number of nitrogens with zero attached hydrogens (tertiary/aromatic N) is 3. The van der Waals surface area contributed by atoms with Crippen molar-refractivity contribution in [3.05, 3.63) is 66.5 Å². The minimum Gasteiger partial charge on any atom is -0.508 e. The number of phenolic OH excluding ortho intramolecular Hbond substituents is 1. The number of carbonyl (C=O) groups is 1. The van der Waals surface area contributed by atoms with Crippen LogP contribution in [0.3, 0.4) is 0 Å². The van der Waals surface area contributed by atoms with Gasteiger partial charge in [-0.1, -0.05) is 24.3 Å². The van der Waals surface area contributed by atoms with E-state index in [9.17, 15) is 9.90 Å². The molecule has 6 heteroatoms. The molecule has 6 nitrogen and oxygen atoms in total. The van der Waals surface area contributed by atoms with Gasteiger partial charge in [-0.15, -0.1) is 0 Å². The molecule has 1 N–H and O–H groups in total. The third kappa shape index (κ3) is 3.80. The number of hydrogen-bond acceptors (Lipinski definition) is 5. The zero-order valence-corrected chi connectivity index (χ0v) is 14.7. The first kappa shape index (κ1) is 17.2. The molecule has 1 aromatic heterocycles. The second-order valence-corrected chi connectivity index (χ2v) is 6.32. The molecule has 136 valence electrons. The molecular formula is C21H19N3O3. The smallest absolute Gasteiger partial charge is 0.254 e. The molecule has 1 saturated heterocycles. The van der Waals surface area contributed by atoms with Crippen LogP contribution in [0.15, 0.2) is 60.9 Å². The Balaban J connectivity index is 1.57. The molecule has 0 atom stereocenters. The minimum atomic E-state index is 0.0180. The van der Waals surface area contributed by atoms with Crippen molar-refractivity contribution in [2.24, 2.45) is 0 Å². The molecule has 0 bridgehead atoms. The average molecular weight is 361 g/mol. The van der Waals surface area contributed by atoms with Gasteiger partial charge in [-0.2, -0.15) is 0 Å². The van der Waals surface area contributed by atoms with Crippen molar-refractivity contribution in [3.63, 3.8) is 0 Å². The van der Waals surface area contributed by atoms with Crippen molar-refractivity contribution < 1.29 is 14.6 Å². The second kappa shape index (κ2) is 7.55. The predicted octanol–water partition coefficient (Wildman–Crippen LogP) is 2.99. The summed E-state index contributed by atoms with van der Waals surface area (Å²) in [6, 6.07) is 14.3. The molecule has 0 spiro atoms. The first-order chi connectivity index (χ1) is 13.2. The maximum absolute atomic E-state index is 12.5. The molecule has 1 fully saturated rings. The lowest BCUT2D eigenvalue weighted by molar-refractivity contribution is 0.0303. The number of aromatic nitrogens is 2. The second-order valence-electron chi connectivity index (χ2n) is 6.32. The lowest BCUT2D eigenvalue weighted by Crippen LogP contribution is -2.40. The predicted molar refractivity (Wildman–Crippen MR) is 101 cm³/mol. The highest BCUT2D eigenvalue weighted by molar-refractivity contribution is 5.94. The highest BCUT2D eigenvalue weighted by atomic mass is 16.5. The van der Waals surface area contributed by atoms with Gasteiger partial charge in [0.2, 0.25) is 0 Å². The molecule has 0 saturated carbocycles. The van der Waals surface area contributed by atoms with E-state index in [1.807, 2.05) is 30.3 Å². The van der Waals surface area contributed by atoms with Gasteiger partial charge in [0, 0.05) is 29.8 Å². The fraction of sp³-hybridized carbons (Fsp3) is 0.190. The van der Waals surface area contributed by atoms with Crippen LogP contribution in [0, 0.1) is 0 Å². The van der Waals surface area contributed by atoms with E-state index in [1.165, 1.54) is 0 Å². The van der Waals surface area contributed by atoms with Gasteiger partial charge in [0.15, 0.2) is 0 Å². The normalized spacial score (nSPS) is 14.1. The fourth-order valence-electron chi connectivity index (χ4n) is 3.04. The van der Waals surface area contributed by atoms with Crippen molar-refractivity contribution in [3.8, 4) is 28.3 Å². The topological polar surface area (TPSA) is 75.5 Å². The molecular weight excluding hydrogens is 342 g/mol. The number of ether oxygens (including phenoxy) is 1. The molecule has 2 aromatic carbocycles. The third-order valence-corrected chi connectivity index (χ3v) is 4.50. The number of aromatic hydroxyl groups is 1. The van der Waals surface area contributed by atoms with Crippen LogP contribution in [-0.4, -0.2) is 52.2 Å². The largest absolute Gasteiger partial charge is 0.508 e. The summed E-state index contributed by atoms with van der Waals surface area (Å²) in [6.45, 7) is 2.42. The molecule has 1 aliphatic heterocycles. The van der Waals surface area contributed by atoms with Crippen LogP contribution in [0.25, 0.3) is 22.5 Å². The quantitative estimate of drug-likeness (QED) is 0.776. The third-order valence-electron chi connectivity index (χ3n) is 4.50. The standard InChI is InChI=1S/C21H19N3O3/c25-18-3-1-2-17(12-18)20-14-22-13-19(23-20)15-4-6-16(7-5-15)21(26)24-8-10-27-11-9-24/h1-7,12-14,25H,8-11H2. The van der Waals surface area contributed by atoms with E-state index in [0.29, 0.717) is 43.3 Å². The van der Waals surface area contributed by atoms with E-state index in [0.717, 1.165) is 11.1 Å². The Labute approximate surface area is 157 Å². The number of amides is 1. The molecule has 0 unspecified atom stereocenters. The molecule has 1 amide bonds. The maximum Gasteiger partial charge on any atom is 0.254 e. The lowest BCUT2D eigenvalue weighted by atomic mass is 10.1. The Morgan fingerprint density at radius 1 is 0.963 bits per heavy atom. The summed E-state index contributed by atoms with van der Waals surface area (Å²) in [5.41, 5.74) is 3.71. The van der Waals surface area contributed by atoms with Crippen LogP contribution in [0.2, 0.25) is 0 Å². The van der Waals surface area contributed by atoms with Crippen molar-refractivity contribution in [1.82, 2.24) is 14.9 Å². The van der Waals surface area contributed by atoms with Gasteiger partial charge >= 0.3 is 0 Å². The average Bonchev–Trinajstić information content (AvgIpc) is 2.74. The van der Waals surface area contributed by atoms with E-state index in [4.69, 9.17) is 4.74 Å². The van der Waals surface area contributed by atoms with Crippen LogP contribution in [-0.2, 0) is 4.74 Å². The molecule has 4 rings (SSSR count). The first-order valence-electron chi connectivity index (χ1n) is 8.79. The highest BCUT2D eigenvalue weighted by Gasteiger charge is 2.18. The molecule has 1 aliphatic rings. The van der Waals surface area contributed by atoms with E-state index in [2.05, 4.69) is 9.97 Å². The summed E-state index contributed by atoms with van der Waals surface area (Å²) in [4.78, 5) is 23.2. The number of morpholine rings is 1. The van der Waals surface area contributed by atoms with Crippen molar-refractivity contribution in [1.29, 1.82) is 0 Å². The Kier molecular flexibility index (Phi) is 4.80. The maximum atomic E-state index is 12.5. The number of hydrogen-bond donors (Lipinski definition) is 1. The SMILES string of the molecule is O=C(c1ccc(-c2cncc(-c3cccc(O)c3)n2)cc1)N1CCOCC1. The van der Waals surface area contributed by atoms with Gasteiger partial charge in [0.05, 0.1) is 37.0 Å². The van der Waals surface area contributed by atoms with E-state index in [-0.39, 0.29) is 11.7 Å². The summed E-state index contributed by atoms with van der Waals surface area (Å²) in [6.07, 6.45) is 3.35. The molecule has 2 heterocycles. The molecule has 27 heavy (non-hydrogen) atoms. The Morgan fingerprint density at radius 2 is 1.67 bits per heavy atom. The summed E-state index contributed by atoms with van der Waals surface area (Å²) in [7, 11) is 0. The first-order valence-corrected chi connectivity index (χ1v) is 8.79. The van der Waals surface area contributed by atoms with Gasteiger partial charge in [0.1, 0.15) is 5.75 Å². The summed E-state index contributed by atoms with van der Waals surface area (Å²) >= 11 is 0. The van der Waals surface area contributed by atoms with Crippen molar-refractivity contribution >= 4 is 5.91 Å². The number of phenols is 1. The van der Waals surface area contributed by atoms with Gasteiger partial charge in [-0.3, -0.25) is 9.78 Å². The van der Waals surface area contributed by atoms with Crippen LogP contribution in [0.4, 0.5) is 0 Å². The van der Waals surface area contributed by atoms with E-state index in [1.54, 1.807) is 35.5 Å². The van der Waals surface area contributed by atoms with E-state index < -0.39 is 0 Å². The van der Waals surface area contributed by atoms with Gasteiger partial charge < -0.3 is 14.7 Å². The van der Waals surface area contributed by atoms with Crippen LogP contribution in [0.1, 0.15) is 10.4 Å². The van der Waals surface area contributed by atoms with Crippen LogP contribution < -0.4 is 0 Å². The summed E-state index contributed by atoms with van der Waals surface area (Å²) in [5.74, 6) is 0.204. The highest BCUT2D eigenvalue weighted by Crippen LogP contribution is 2.24. The van der Waals surface area contributed by atoms with Crippen LogP contribution in [0.5, 0.6) is 5.75 Å². The van der Waals surface area contributed by atoms with E-state index >= 15 is 0 Å². The summed E-state index contributed by atoms with van der Waals surface area (Å²) < 4.78 is 5.29. The minimum absolute atomic E-state index is 0.0180. The van der Waals surface area contributed by atoms with Crippen LogP contribution >= 0.6 is 0 Å². The zero-order valence-electron chi connectivity index (χ0n) is 14.7. The Hall–Kier alpha value is -3.25. The molecule has 3 aromatic rings. The van der Waals surface area contributed by atoms with Crippen molar-refractivity contribution in [2.45, 2.75) is 0 Å². The van der Waals surface area contributed by atoms with Gasteiger partial charge in [0.25, 0.3) is 5.91 Å². The number of benzene rings is 2. The molecule has 0 aliphatic carbocycles. The Bertz CT molecular complexity index is 951. The van der Waals surface area contributed by atoms with Crippen molar-refractivity contribution in [2.75, 3.05) is 26.3 Å².